The minimum Gasteiger partial charge on any atom is -0.454 e. The molecule has 2 rings (SSSR count). The Morgan fingerprint density at radius 3 is 2.59 bits per heavy atom. The number of carbonyl (C=O) groups excluding carboxylic acids is 2. The van der Waals surface area contributed by atoms with Gasteiger partial charge in [-0.1, -0.05) is 23.7 Å². The largest absolute Gasteiger partial charge is 0.454 e. The summed E-state index contributed by atoms with van der Waals surface area (Å²) in [5, 5.41) is 0.292. The maximum atomic E-state index is 12.4. The smallest absolute Gasteiger partial charge is 0.344 e. The number of carbonyl (C=O) groups is 2. The number of benzene rings is 1. The number of morpholine rings is 1. The van der Waals surface area contributed by atoms with Crippen LogP contribution >= 0.6 is 11.6 Å². The van der Waals surface area contributed by atoms with E-state index in [2.05, 4.69) is 9.89 Å². The number of nitrogens with zero attached hydrogens (tertiary/aromatic N) is 2. The molecule has 1 heterocycles. The first-order valence-corrected chi connectivity index (χ1v) is 9.79. The van der Waals surface area contributed by atoms with Gasteiger partial charge in [0, 0.05) is 37.4 Å². The summed E-state index contributed by atoms with van der Waals surface area (Å²) in [6, 6.07) is 6.54. The van der Waals surface area contributed by atoms with Crippen molar-refractivity contribution in [1.82, 2.24) is 4.90 Å². The summed E-state index contributed by atoms with van der Waals surface area (Å²) in [5.74, 6) is -1.21. The van der Waals surface area contributed by atoms with E-state index in [1.165, 1.54) is 6.92 Å². The highest BCUT2D eigenvalue weighted by molar-refractivity contribution is 6.34. The van der Waals surface area contributed by atoms with Crippen molar-refractivity contribution in [2.24, 2.45) is 16.5 Å². The molecule has 1 aromatic carbocycles. The number of nitrogens with two attached hydrogens (primary N) is 2. The molecule has 1 fully saturated rings. The summed E-state index contributed by atoms with van der Waals surface area (Å²) in [4.78, 5) is 31.1. The number of hydrogen-bond donors (Lipinski definition) is 2. The van der Waals surface area contributed by atoms with Gasteiger partial charge in [-0.15, -0.1) is 0 Å². The van der Waals surface area contributed by atoms with Crippen molar-refractivity contribution < 1.29 is 19.1 Å². The van der Waals surface area contributed by atoms with Gasteiger partial charge in [-0.3, -0.25) is 14.7 Å². The zero-order valence-electron chi connectivity index (χ0n) is 16.5. The summed E-state index contributed by atoms with van der Waals surface area (Å²) in [7, 11) is 0. The molecule has 4 N–H and O–H groups in total. The van der Waals surface area contributed by atoms with Crippen LogP contribution in [0.25, 0.3) is 0 Å². The zero-order valence-corrected chi connectivity index (χ0v) is 17.3. The van der Waals surface area contributed by atoms with Crippen molar-refractivity contribution in [2.45, 2.75) is 13.3 Å². The second-order valence-corrected chi connectivity index (χ2v) is 7.02. The van der Waals surface area contributed by atoms with E-state index in [-0.39, 0.29) is 22.7 Å². The lowest BCUT2D eigenvalue weighted by Gasteiger charge is -2.26. The third-order valence-electron chi connectivity index (χ3n) is 4.38. The molecule has 0 amide bonds. The van der Waals surface area contributed by atoms with Gasteiger partial charge in [0.05, 0.1) is 18.2 Å². The van der Waals surface area contributed by atoms with Gasteiger partial charge in [-0.2, -0.15) is 0 Å². The molecule has 0 unspecified atom stereocenters. The van der Waals surface area contributed by atoms with Crippen LogP contribution in [0.15, 0.2) is 40.5 Å². The lowest BCUT2D eigenvalue weighted by Crippen LogP contribution is -2.37. The second kappa shape index (κ2) is 11.5. The highest BCUT2D eigenvalue weighted by atomic mass is 35.5. The third-order valence-corrected chi connectivity index (χ3v) is 4.71. The quantitative estimate of drug-likeness (QED) is 0.154. The first kappa shape index (κ1) is 22.9. The number of Topliss-reactive ketones (excluding diaryl/α,β-unsaturated/α-hetero) is 1. The molecule has 9 heteroatoms. The van der Waals surface area contributed by atoms with E-state index in [4.69, 9.17) is 32.5 Å². The van der Waals surface area contributed by atoms with E-state index in [0.717, 1.165) is 39.3 Å². The summed E-state index contributed by atoms with van der Waals surface area (Å²) in [6.07, 6.45) is 0.789. The molecule has 1 saturated heterocycles. The highest BCUT2D eigenvalue weighted by Gasteiger charge is 2.20. The van der Waals surface area contributed by atoms with Crippen LogP contribution in [0.1, 0.15) is 23.7 Å². The van der Waals surface area contributed by atoms with Crippen molar-refractivity contribution in [1.29, 1.82) is 0 Å². The Bertz CT molecular complexity index is 784. The fraction of sp³-hybridized carbons (Fsp3) is 0.450. The summed E-state index contributed by atoms with van der Waals surface area (Å²) >= 11 is 5.98. The number of aliphatic imine (C=N–C) groups is 1. The van der Waals surface area contributed by atoms with Crippen LogP contribution in [0, 0.1) is 0 Å². The first-order valence-electron chi connectivity index (χ1n) is 9.41. The lowest BCUT2D eigenvalue weighted by molar-refractivity contribution is -0.137. The van der Waals surface area contributed by atoms with Crippen LogP contribution < -0.4 is 11.5 Å². The lowest BCUT2D eigenvalue weighted by atomic mass is 10.1. The molecular formula is C20H27ClN4O4. The number of halogens is 1. The number of rotatable bonds is 9. The molecule has 158 valence electrons. The normalized spacial score (nSPS) is 16.3. The Hall–Kier alpha value is -2.42. The Kier molecular flexibility index (Phi) is 9.11. The number of ketones is 1. The average Bonchev–Trinajstić information content (AvgIpc) is 2.70. The SMILES string of the molecule is CC(N)=C(C(=O)OCC(=O)c1ccccc1Cl)C(N)=NCCCN1CCOCC1. The maximum absolute atomic E-state index is 12.4. The minimum atomic E-state index is -0.792. The Labute approximate surface area is 175 Å². The molecule has 0 radical (unpaired) electrons. The van der Waals surface area contributed by atoms with Crippen LogP contribution in [-0.2, 0) is 14.3 Å². The van der Waals surface area contributed by atoms with Crippen molar-refractivity contribution >= 4 is 29.2 Å². The summed E-state index contributed by atoms with van der Waals surface area (Å²) < 4.78 is 10.4. The Balaban J connectivity index is 1.88. The third kappa shape index (κ3) is 7.16. The van der Waals surface area contributed by atoms with E-state index in [1.807, 2.05) is 0 Å². The summed E-state index contributed by atoms with van der Waals surface area (Å²) in [6.45, 7) is 5.67. The van der Waals surface area contributed by atoms with Gasteiger partial charge < -0.3 is 20.9 Å². The van der Waals surface area contributed by atoms with Crippen molar-refractivity contribution in [3.05, 3.63) is 46.1 Å². The Morgan fingerprint density at radius 2 is 1.93 bits per heavy atom. The van der Waals surface area contributed by atoms with E-state index in [9.17, 15) is 9.59 Å². The maximum Gasteiger partial charge on any atom is 0.344 e. The molecule has 0 aliphatic carbocycles. The van der Waals surface area contributed by atoms with Crippen molar-refractivity contribution in [2.75, 3.05) is 46.0 Å². The second-order valence-electron chi connectivity index (χ2n) is 6.61. The van der Waals surface area contributed by atoms with Gasteiger partial charge in [0.15, 0.2) is 6.61 Å². The van der Waals surface area contributed by atoms with E-state index >= 15 is 0 Å². The average molecular weight is 423 g/mol. The van der Waals surface area contributed by atoms with E-state index in [1.54, 1.807) is 24.3 Å². The number of amidine groups is 1. The van der Waals surface area contributed by atoms with Crippen LogP contribution in [-0.4, -0.2) is 68.5 Å². The molecule has 1 aliphatic heterocycles. The van der Waals surface area contributed by atoms with Crippen LogP contribution in [0.3, 0.4) is 0 Å². The standard InChI is InChI=1S/C20H27ClN4O4/c1-14(22)18(19(23)24-7-4-8-25-9-11-28-12-10-25)20(27)29-13-17(26)15-5-2-3-6-16(15)21/h2-3,5-6H,4,7-13,22H2,1H3,(H2,23,24). The molecule has 1 aliphatic rings. The summed E-state index contributed by atoms with van der Waals surface area (Å²) in [5.41, 5.74) is 12.2. The van der Waals surface area contributed by atoms with Gasteiger partial charge in [0.2, 0.25) is 5.78 Å². The molecule has 29 heavy (non-hydrogen) atoms. The molecule has 8 nitrogen and oxygen atoms in total. The topological polar surface area (TPSA) is 120 Å². The predicted octanol–water partition coefficient (Wildman–Crippen LogP) is 1.38. The van der Waals surface area contributed by atoms with Crippen LogP contribution in [0.2, 0.25) is 5.02 Å². The molecule has 0 aromatic heterocycles. The molecule has 0 saturated carbocycles. The minimum absolute atomic E-state index is 0.00201. The van der Waals surface area contributed by atoms with Gasteiger partial charge in [-0.25, -0.2) is 4.79 Å². The van der Waals surface area contributed by atoms with Gasteiger partial charge in [-0.05, 0) is 25.5 Å². The zero-order chi connectivity index (χ0) is 21.2. The van der Waals surface area contributed by atoms with E-state index < -0.39 is 18.4 Å². The molecule has 0 atom stereocenters. The molecule has 0 bridgehead atoms. The van der Waals surface area contributed by atoms with Gasteiger partial charge >= 0.3 is 5.97 Å². The number of allylic oxidation sites excluding steroid dienone is 1. The molecule has 1 aromatic rings. The monoisotopic (exact) mass is 422 g/mol. The van der Waals surface area contributed by atoms with Crippen molar-refractivity contribution in [3.63, 3.8) is 0 Å². The van der Waals surface area contributed by atoms with Gasteiger partial charge in [0.1, 0.15) is 11.4 Å². The predicted molar refractivity (Wildman–Crippen MR) is 112 cm³/mol. The number of hydrogen-bond acceptors (Lipinski definition) is 7. The fourth-order valence-electron chi connectivity index (χ4n) is 2.83. The van der Waals surface area contributed by atoms with Crippen LogP contribution in [0.5, 0.6) is 0 Å². The number of esters is 1. The van der Waals surface area contributed by atoms with Crippen LogP contribution in [0.4, 0.5) is 0 Å². The fourth-order valence-corrected chi connectivity index (χ4v) is 3.07. The first-order chi connectivity index (χ1) is 13.9. The van der Waals surface area contributed by atoms with Gasteiger partial charge in [0.25, 0.3) is 0 Å². The van der Waals surface area contributed by atoms with Crippen molar-refractivity contribution in [3.8, 4) is 0 Å². The highest BCUT2D eigenvalue weighted by Crippen LogP contribution is 2.16. The number of ether oxygens (including phenoxy) is 2. The molecular weight excluding hydrogens is 396 g/mol. The van der Waals surface area contributed by atoms with E-state index in [0.29, 0.717) is 11.6 Å². The molecule has 0 spiro atoms. The Morgan fingerprint density at radius 1 is 1.24 bits per heavy atom.